The standard InChI is InChI=1S/C27H28N4O3/c1-3-20-10-12-21(13-11-20)16-28-25(32)17-30-23-6-4-5-7-24(23)31(18-26(30)33)27(34)29-22-14-8-19(2)9-15-22/h4-15H,3,16-18H2,1-2H3,(H,28,32)(H,29,34). The predicted octanol–water partition coefficient (Wildman–Crippen LogP) is 4.26. The highest BCUT2D eigenvalue weighted by Gasteiger charge is 2.33. The van der Waals surface area contributed by atoms with Crippen molar-refractivity contribution < 1.29 is 14.4 Å². The molecule has 0 saturated carbocycles. The number of para-hydroxylation sites is 2. The van der Waals surface area contributed by atoms with Gasteiger partial charge in [0.25, 0.3) is 0 Å². The molecule has 0 unspecified atom stereocenters. The quantitative estimate of drug-likeness (QED) is 0.582. The van der Waals surface area contributed by atoms with Gasteiger partial charge in [-0.05, 0) is 48.7 Å². The Morgan fingerprint density at radius 3 is 2.21 bits per heavy atom. The van der Waals surface area contributed by atoms with Crippen LogP contribution in [0.3, 0.4) is 0 Å². The molecule has 0 bridgehead atoms. The monoisotopic (exact) mass is 456 g/mol. The van der Waals surface area contributed by atoms with E-state index in [0.29, 0.717) is 23.6 Å². The average Bonchev–Trinajstić information content (AvgIpc) is 2.86. The Kier molecular flexibility index (Phi) is 6.92. The van der Waals surface area contributed by atoms with Crippen molar-refractivity contribution in [1.29, 1.82) is 0 Å². The highest BCUT2D eigenvalue weighted by Crippen LogP contribution is 2.33. The molecule has 0 atom stereocenters. The molecule has 7 heteroatoms. The van der Waals surface area contributed by atoms with Gasteiger partial charge in [0.05, 0.1) is 11.4 Å². The Balaban J connectivity index is 1.44. The van der Waals surface area contributed by atoms with Crippen LogP contribution in [0.5, 0.6) is 0 Å². The zero-order chi connectivity index (χ0) is 24.1. The van der Waals surface area contributed by atoms with Crippen LogP contribution in [0.15, 0.2) is 72.8 Å². The first-order chi connectivity index (χ1) is 16.4. The number of nitrogens with one attached hydrogen (secondary N) is 2. The van der Waals surface area contributed by atoms with Gasteiger partial charge in [0.1, 0.15) is 13.1 Å². The van der Waals surface area contributed by atoms with Gasteiger partial charge < -0.3 is 10.6 Å². The zero-order valence-corrected chi connectivity index (χ0v) is 19.4. The van der Waals surface area contributed by atoms with Crippen LogP contribution >= 0.6 is 0 Å². The summed E-state index contributed by atoms with van der Waals surface area (Å²) in [5, 5.41) is 5.72. The lowest BCUT2D eigenvalue weighted by atomic mass is 10.1. The number of anilines is 3. The van der Waals surface area contributed by atoms with Crippen molar-refractivity contribution in [1.82, 2.24) is 5.32 Å². The molecular weight excluding hydrogens is 428 g/mol. The minimum absolute atomic E-state index is 0.115. The number of fused-ring (bicyclic) bond motifs is 1. The number of hydrogen-bond donors (Lipinski definition) is 2. The maximum absolute atomic E-state index is 13.0. The van der Waals surface area contributed by atoms with Gasteiger partial charge in [0.15, 0.2) is 0 Å². The molecule has 0 spiro atoms. The summed E-state index contributed by atoms with van der Waals surface area (Å²) >= 11 is 0. The van der Waals surface area contributed by atoms with E-state index in [9.17, 15) is 14.4 Å². The summed E-state index contributed by atoms with van der Waals surface area (Å²) in [5.41, 5.74) is 5.07. The Bertz CT molecular complexity index is 1190. The van der Waals surface area contributed by atoms with E-state index in [1.165, 1.54) is 15.4 Å². The molecule has 4 amide bonds. The van der Waals surface area contributed by atoms with Gasteiger partial charge in [-0.15, -0.1) is 0 Å². The van der Waals surface area contributed by atoms with Crippen LogP contribution < -0.4 is 20.4 Å². The van der Waals surface area contributed by atoms with Gasteiger partial charge in [-0.2, -0.15) is 0 Å². The molecule has 0 radical (unpaired) electrons. The Hall–Kier alpha value is -4.13. The van der Waals surface area contributed by atoms with E-state index in [4.69, 9.17) is 0 Å². The first-order valence-electron chi connectivity index (χ1n) is 11.3. The number of carbonyl (C=O) groups is 3. The summed E-state index contributed by atoms with van der Waals surface area (Å²) in [6.07, 6.45) is 0.961. The summed E-state index contributed by atoms with van der Waals surface area (Å²) in [5.74, 6) is -0.583. The predicted molar refractivity (Wildman–Crippen MR) is 134 cm³/mol. The maximum Gasteiger partial charge on any atom is 0.326 e. The summed E-state index contributed by atoms with van der Waals surface area (Å²) in [4.78, 5) is 41.4. The van der Waals surface area contributed by atoms with Crippen LogP contribution in [0.2, 0.25) is 0 Å². The number of rotatable bonds is 6. The largest absolute Gasteiger partial charge is 0.350 e. The molecule has 1 heterocycles. The molecule has 0 saturated heterocycles. The lowest BCUT2D eigenvalue weighted by Gasteiger charge is -2.35. The molecule has 34 heavy (non-hydrogen) atoms. The summed E-state index contributed by atoms with van der Waals surface area (Å²) in [6.45, 7) is 4.18. The van der Waals surface area contributed by atoms with Crippen LogP contribution in [0.4, 0.5) is 21.9 Å². The third-order valence-electron chi connectivity index (χ3n) is 5.83. The van der Waals surface area contributed by atoms with E-state index < -0.39 is 6.03 Å². The number of carbonyl (C=O) groups excluding carboxylic acids is 3. The molecule has 1 aliphatic rings. The van der Waals surface area contributed by atoms with Gasteiger partial charge in [0.2, 0.25) is 11.8 Å². The fourth-order valence-electron chi connectivity index (χ4n) is 3.84. The fourth-order valence-corrected chi connectivity index (χ4v) is 3.84. The van der Waals surface area contributed by atoms with Crippen molar-refractivity contribution in [2.75, 3.05) is 28.2 Å². The minimum Gasteiger partial charge on any atom is -0.350 e. The van der Waals surface area contributed by atoms with Crippen LogP contribution in [0, 0.1) is 6.92 Å². The topological polar surface area (TPSA) is 81.8 Å². The lowest BCUT2D eigenvalue weighted by molar-refractivity contribution is -0.123. The molecule has 0 aliphatic carbocycles. The number of benzene rings is 3. The van der Waals surface area contributed by atoms with Crippen LogP contribution in [0.1, 0.15) is 23.6 Å². The molecule has 7 nitrogen and oxygen atoms in total. The molecular formula is C27H28N4O3. The van der Waals surface area contributed by atoms with E-state index in [-0.39, 0.29) is 24.9 Å². The minimum atomic E-state index is -0.399. The van der Waals surface area contributed by atoms with Crippen LogP contribution in [0.25, 0.3) is 0 Å². The second-order valence-electron chi connectivity index (χ2n) is 8.30. The van der Waals surface area contributed by atoms with E-state index in [2.05, 4.69) is 17.6 Å². The van der Waals surface area contributed by atoms with Gasteiger partial charge in [0, 0.05) is 12.2 Å². The maximum atomic E-state index is 13.0. The van der Waals surface area contributed by atoms with Gasteiger partial charge in [-0.25, -0.2) is 4.79 Å². The van der Waals surface area contributed by atoms with Gasteiger partial charge in [-0.3, -0.25) is 19.4 Å². The average molecular weight is 457 g/mol. The zero-order valence-electron chi connectivity index (χ0n) is 19.4. The van der Waals surface area contributed by atoms with Crippen LogP contribution in [-0.2, 0) is 22.6 Å². The first kappa shape index (κ1) is 23.0. The number of aryl methyl sites for hydroxylation is 2. The van der Waals surface area contributed by atoms with Crippen molar-refractivity contribution in [2.24, 2.45) is 0 Å². The first-order valence-corrected chi connectivity index (χ1v) is 11.3. The highest BCUT2D eigenvalue weighted by atomic mass is 16.2. The normalized spacial score (nSPS) is 12.8. The van der Waals surface area contributed by atoms with Crippen molar-refractivity contribution in [3.63, 3.8) is 0 Å². The Labute approximate surface area is 199 Å². The molecule has 0 fully saturated rings. The Morgan fingerprint density at radius 1 is 0.882 bits per heavy atom. The highest BCUT2D eigenvalue weighted by molar-refractivity contribution is 6.15. The summed E-state index contributed by atoms with van der Waals surface area (Å²) in [6, 6.07) is 22.2. The second-order valence-corrected chi connectivity index (χ2v) is 8.30. The molecule has 2 N–H and O–H groups in total. The lowest BCUT2D eigenvalue weighted by Crippen LogP contribution is -2.51. The number of nitrogens with zero attached hydrogens (tertiary/aromatic N) is 2. The molecule has 3 aromatic rings. The van der Waals surface area contributed by atoms with Crippen molar-refractivity contribution in [3.05, 3.63) is 89.5 Å². The summed E-state index contributed by atoms with van der Waals surface area (Å²) in [7, 11) is 0. The van der Waals surface area contributed by atoms with E-state index in [1.807, 2.05) is 55.5 Å². The molecule has 3 aromatic carbocycles. The molecule has 1 aliphatic heterocycles. The Morgan fingerprint density at radius 2 is 1.53 bits per heavy atom. The number of urea groups is 1. The van der Waals surface area contributed by atoms with E-state index in [1.54, 1.807) is 24.3 Å². The molecule has 4 rings (SSSR count). The third kappa shape index (κ3) is 5.26. The van der Waals surface area contributed by atoms with Gasteiger partial charge >= 0.3 is 6.03 Å². The van der Waals surface area contributed by atoms with Crippen molar-refractivity contribution >= 4 is 34.9 Å². The molecule has 174 valence electrons. The van der Waals surface area contributed by atoms with Gasteiger partial charge in [-0.1, -0.05) is 61.0 Å². The van der Waals surface area contributed by atoms with Crippen molar-refractivity contribution in [2.45, 2.75) is 26.8 Å². The fraction of sp³-hybridized carbons (Fsp3) is 0.222. The summed E-state index contributed by atoms with van der Waals surface area (Å²) < 4.78 is 0. The SMILES string of the molecule is CCc1ccc(CNC(=O)CN2C(=O)CN(C(=O)Nc3ccc(C)cc3)c3ccccc32)cc1. The smallest absolute Gasteiger partial charge is 0.326 e. The number of amides is 4. The third-order valence-corrected chi connectivity index (χ3v) is 5.83. The van der Waals surface area contributed by atoms with E-state index >= 15 is 0 Å². The molecule has 0 aromatic heterocycles. The van der Waals surface area contributed by atoms with Crippen molar-refractivity contribution in [3.8, 4) is 0 Å². The second kappa shape index (κ2) is 10.2. The number of hydrogen-bond acceptors (Lipinski definition) is 3. The van der Waals surface area contributed by atoms with Crippen LogP contribution in [-0.4, -0.2) is 30.9 Å². The van der Waals surface area contributed by atoms with E-state index in [0.717, 1.165) is 17.5 Å².